The van der Waals surface area contributed by atoms with Crippen LogP contribution in [0.15, 0.2) is 72.8 Å². The van der Waals surface area contributed by atoms with E-state index in [9.17, 15) is 4.79 Å². The Labute approximate surface area is 167 Å². The van der Waals surface area contributed by atoms with Crippen LogP contribution < -0.4 is 10.6 Å². The normalized spacial score (nSPS) is 12.6. The van der Waals surface area contributed by atoms with Crippen LogP contribution in [0.4, 0.5) is 5.69 Å². The van der Waals surface area contributed by atoms with Crippen LogP contribution in [-0.4, -0.2) is 15.9 Å². The van der Waals surface area contributed by atoms with Crippen molar-refractivity contribution >= 4 is 57.2 Å². The Balaban J connectivity index is 1.74. The Morgan fingerprint density at radius 3 is 2.23 bits per heavy atom. The number of carbonyl (C=O) groups excluding carboxylic acids is 1. The lowest BCUT2D eigenvalue weighted by atomic mass is 10.1. The van der Waals surface area contributed by atoms with Gasteiger partial charge in [0.2, 0.25) is 9.70 Å². The highest BCUT2D eigenvalue weighted by Crippen LogP contribution is 2.31. The van der Waals surface area contributed by atoms with Gasteiger partial charge in [-0.3, -0.25) is 4.79 Å². The lowest BCUT2D eigenvalue weighted by Crippen LogP contribution is -2.49. The second-order valence-electron chi connectivity index (χ2n) is 5.91. The van der Waals surface area contributed by atoms with E-state index in [1.54, 1.807) is 0 Å². The maximum absolute atomic E-state index is 12.3. The number of amides is 1. The highest BCUT2D eigenvalue weighted by molar-refractivity contribution is 6.68. The van der Waals surface area contributed by atoms with Gasteiger partial charge in [0.25, 0.3) is 0 Å². The van der Waals surface area contributed by atoms with E-state index >= 15 is 0 Å². The van der Waals surface area contributed by atoms with Crippen molar-refractivity contribution in [3.05, 3.63) is 78.4 Å². The molecule has 3 rings (SSSR count). The second kappa shape index (κ2) is 8.17. The molecule has 6 heteroatoms. The number of nitrogens with one attached hydrogen (secondary N) is 2. The Kier molecular flexibility index (Phi) is 5.92. The predicted molar refractivity (Wildman–Crippen MR) is 110 cm³/mol. The second-order valence-corrected chi connectivity index (χ2v) is 8.28. The van der Waals surface area contributed by atoms with Crippen LogP contribution in [-0.2, 0) is 11.2 Å². The first-order valence-corrected chi connectivity index (χ1v) is 9.20. The highest BCUT2D eigenvalue weighted by atomic mass is 35.6. The predicted octanol–water partition coefficient (Wildman–Crippen LogP) is 5.31. The van der Waals surface area contributed by atoms with Crippen LogP contribution in [0.1, 0.15) is 5.56 Å². The summed E-state index contributed by atoms with van der Waals surface area (Å²) in [5, 5.41) is 8.02. The molecule has 2 N–H and O–H groups in total. The summed E-state index contributed by atoms with van der Waals surface area (Å²) in [6.45, 7) is 0. The molecule has 134 valence electrons. The number of rotatable bonds is 5. The summed E-state index contributed by atoms with van der Waals surface area (Å²) < 4.78 is -1.71. The Morgan fingerprint density at radius 2 is 1.54 bits per heavy atom. The summed E-state index contributed by atoms with van der Waals surface area (Å²) >= 11 is 18.2. The fourth-order valence-corrected chi connectivity index (χ4v) is 2.97. The summed E-state index contributed by atoms with van der Waals surface area (Å²) in [4.78, 5) is 12.3. The zero-order chi connectivity index (χ0) is 18.6. The molecule has 0 aromatic heterocycles. The van der Waals surface area contributed by atoms with Gasteiger partial charge in [0, 0.05) is 5.69 Å². The van der Waals surface area contributed by atoms with Gasteiger partial charge in [-0.05, 0) is 28.5 Å². The molecule has 0 radical (unpaired) electrons. The molecule has 0 aliphatic carbocycles. The molecule has 0 spiro atoms. The van der Waals surface area contributed by atoms with Crippen LogP contribution in [0.2, 0.25) is 0 Å². The fraction of sp³-hybridized carbons (Fsp3) is 0.150. The Bertz CT molecular complexity index is 894. The number of halogens is 3. The SMILES string of the molecule is O=C(Cc1ccccc1)N[C@H](Nc1ccc2ccccc2c1)C(Cl)(Cl)Cl. The third-order valence-corrected chi connectivity index (χ3v) is 4.56. The van der Waals surface area contributed by atoms with Gasteiger partial charge in [-0.25, -0.2) is 0 Å². The van der Waals surface area contributed by atoms with Crippen LogP contribution >= 0.6 is 34.8 Å². The summed E-state index contributed by atoms with van der Waals surface area (Å²) in [6.07, 6.45) is -0.665. The molecule has 0 fully saturated rings. The first-order chi connectivity index (χ1) is 12.4. The van der Waals surface area contributed by atoms with E-state index < -0.39 is 9.96 Å². The molecule has 0 aliphatic rings. The van der Waals surface area contributed by atoms with Gasteiger partial charge in [0.05, 0.1) is 6.42 Å². The van der Waals surface area contributed by atoms with Crippen molar-refractivity contribution in [2.24, 2.45) is 0 Å². The molecule has 0 saturated heterocycles. The van der Waals surface area contributed by atoms with Gasteiger partial charge >= 0.3 is 0 Å². The number of benzene rings is 3. The van der Waals surface area contributed by atoms with E-state index in [1.165, 1.54) is 0 Å². The molecule has 3 aromatic carbocycles. The Hall–Kier alpha value is -1.94. The summed E-state index contributed by atoms with van der Waals surface area (Å²) in [5.74, 6) is -0.235. The van der Waals surface area contributed by atoms with Crippen molar-refractivity contribution < 1.29 is 4.79 Å². The summed E-state index contributed by atoms with van der Waals surface area (Å²) in [6, 6.07) is 23.2. The smallest absolute Gasteiger partial charge is 0.228 e. The number of carbonyl (C=O) groups is 1. The molecule has 3 aromatic rings. The standard InChI is InChI=1S/C20H17Cl3N2O/c21-20(22,23)19(25-18(26)12-14-6-2-1-3-7-14)24-17-11-10-15-8-4-5-9-16(15)13-17/h1-11,13,19,24H,12H2,(H,25,26)/t19-/m0/s1. The molecule has 0 heterocycles. The summed E-state index contributed by atoms with van der Waals surface area (Å²) in [5.41, 5.74) is 1.64. The molecule has 3 nitrogen and oxygen atoms in total. The molecule has 1 atom stereocenters. The van der Waals surface area contributed by atoms with E-state index in [1.807, 2.05) is 72.8 Å². The van der Waals surface area contributed by atoms with Crippen molar-refractivity contribution in [1.29, 1.82) is 0 Å². The third kappa shape index (κ3) is 5.04. The molecule has 1 amide bonds. The first-order valence-electron chi connectivity index (χ1n) is 8.07. The fourth-order valence-electron chi connectivity index (χ4n) is 2.64. The number of anilines is 1. The zero-order valence-corrected chi connectivity index (χ0v) is 16.0. The number of hydrogen-bond acceptors (Lipinski definition) is 2. The molecule has 0 aliphatic heterocycles. The maximum atomic E-state index is 12.3. The molecular formula is C20H17Cl3N2O. The average Bonchev–Trinajstić information content (AvgIpc) is 2.61. The molecular weight excluding hydrogens is 391 g/mol. The molecule has 0 saturated carbocycles. The van der Waals surface area contributed by atoms with Gasteiger partial charge < -0.3 is 10.6 Å². The minimum Gasteiger partial charge on any atom is -0.362 e. The van der Waals surface area contributed by atoms with Crippen molar-refractivity contribution in [1.82, 2.24) is 5.32 Å². The van der Waals surface area contributed by atoms with Crippen LogP contribution in [0.5, 0.6) is 0 Å². The Morgan fingerprint density at radius 1 is 0.885 bits per heavy atom. The first kappa shape index (κ1) is 18.8. The van der Waals surface area contributed by atoms with Crippen molar-refractivity contribution in [2.75, 3.05) is 5.32 Å². The van der Waals surface area contributed by atoms with Crippen LogP contribution in [0.3, 0.4) is 0 Å². The molecule has 26 heavy (non-hydrogen) atoms. The van der Waals surface area contributed by atoms with Gasteiger partial charge in [0.15, 0.2) is 0 Å². The lowest BCUT2D eigenvalue weighted by molar-refractivity contribution is -0.120. The van der Waals surface area contributed by atoms with E-state index in [-0.39, 0.29) is 12.3 Å². The van der Waals surface area contributed by atoms with Gasteiger partial charge in [0.1, 0.15) is 6.17 Å². The maximum Gasteiger partial charge on any atom is 0.228 e. The number of alkyl halides is 3. The third-order valence-electron chi connectivity index (χ3n) is 3.90. The monoisotopic (exact) mass is 406 g/mol. The van der Waals surface area contributed by atoms with Gasteiger partial charge in [-0.1, -0.05) is 95.5 Å². The van der Waals surface area contributed by atoms with Gasteiger partial charge in [-0.15, -0.1) is 0 Å². The lowest BCUT2D eigenvalue weighted by Gasteiger charge is -2.27. The number of hydrogen-bond donors (Lipinski definition) is 2. The van der Waals surface area contributed by atoms with E-state index in [2.05, 4.69) is 10.6 Å². The van der Waals surface area contributed by atoms with Crippen LogP contribution in [0, 0.1) is 0 Å². The number of fused-ring (bicyclic) bond motifs is 1. The van der Waals surface area contributed by atoms with Gasteiger partial charge in [-0.2, -0.15) is 0 Å². The summed E-state index contributed by atoms with van der Waals surface area (Å²) in [7, 11) is 0. The quantitative estimate of drug-likeness (QED) is 0.445. The average molecular weight is 408 g/mol. The van der Waals surface area contributed by atoms with Crippen molar-refractivity contribution in [3.63, 3.8) is 0 Å². The minimum atomic E-state index is -1.71. The van der Waals surface area contributed by atoms with Crippen LogP contribution in [0.25, 0.3) is 10.8 Å². The van der Waals surface area contributed by atoms with E-state index in [0.29, 0.717) is 0 Å². The minimum absolute atomic E-state index is 0.206. The van der Waals surface area contributed by atoms with Crippen molar-refractivity contribution in [3.8, 4) is 0 Å². The van der Waals surface area contributed by atoms with Crippen molar-refractivity contribution in [2.45, 2.75) is 16.4 Å². The highest BCUT2D eigenvalue weighted by Gasteiger charge is 2.34. The topological polar surface area (TPSA) is 41.1 Å². The van der Waals surface area contributed by atoms with E-state index in [4.69, 9.17) is 34.8 Å². The molecule has 0 bridgehead atoms. The zero-order valence-electron chi connectivity index (χ0n) is 13.8. The molecule has 0 unspecified atom stereocenters. The van der Waals surface area contributed by atoms with E-state index in [0.717, 1.165) is 22.0 Å². The largest absolute Gasteiger partial charge is 0.362 e.